The summed E-state index contributed by atoms with van der Waals surface area (Å²) < 4.78 is 2.08. The molecule has 6 nitrogen and oxygen atoms in total. The topological polar surface area (TPSA) is 70.5 Å². The molecule has 0 saturated heterocycles. The molecule has 298 valence electrons. The number of hydrogen-bond donors (Lipinski definition) is 0. The smallest absolute Gasteiger partial charge is 0.268 e. The highest BCUT2D eigenvalue weighted by Gasteiger charge is 2.42. The summed E-state index contributed by atoms with van der Waals surface area (Å²) in [5, 5.41) is 12.2. The molecule has 2 amide bonds. The number of nitrogens with zero attached hydrogens (tertiary/aromatic N) is 4. The van der Waals surface area contributed by atoms with Gasteiger partial charge in [0.25, 0.3) is 11.8 Å². The van der Waals surface area contributed by atoms with Gasteiger partial charge >= 0.3 is 0 Å². The van der Waals surface area contributed by atoms with Crippen LogP contribution >= 0.6 is 0 Å². The van der Waals surface area contributed by atoms with Crippen molar-refractivity contribution in [2.75, 3.05) is 4.90 Å². The number of nitriles is 1. The van der Waals surface area contributed by atoms with Crippen molar-refractivity contribution < 1.29 is 9.59 Å². The van der Waals surface area contributed by atoms with Crippen molar-refractivity contribution in [3.63, 3.8) is 0 Å². The molecular weight excluding hydrogens is 785 g/mol. The normalized spacial score (nSPS) is 12.1. The fourth-order valence-corrected chi connectivity index (χ4v) is 9.41. The van der Waals surface area contributed by atoms with E-state index in [9.17, 15) is 5.26 Å². The Kier molecular flexibility index (Phi) is 9.12. The Labute approximate surface area is 369 Å². The van der Waals surface area contributed by atoms with E-state index < -0.39 is 11.8 Å². The number of hydrogen-bond acceptors (Lipinski definition) is 3. The van der Waals surface area contributed by atoms with Gasteiger partial charge in [0.05, 0.1) is 51.7 Å². The van der Waals surface area contributed by atoms with Gasteiger partial charge in [-0.1, -0.05) is 176 Å². The lowest BCUT2D eigenvalue weighted by Crippen LogP contribution is -2.30. The summed E-state index contributed by atoms with van der Waals surface area (Å²) >= 11 is 0. The highest BCUT2D eigenvalue weighted by molar-refractivity contribution is 6.37. The van der Waals surface area contributed by atoms with E-state index in [1.54, 1.807) is 18.2 Å². The maximum atomic E-state index is 15.8. The lowest BCUT2D eigenvalue weighted by molar-refractivity contribution is 0.0926. The van der Waals surface area contributed by atoms with E-state index in [0.717, 1.165) is 77.4 Å². The summed E-state index contributed by atoms with van der Waals surface area (Å²) in [7, 11) is 0. The number of anilines is 1. The van der Waals surface area contributed by atoms with Crippen LogP contribution in [0.2, 0.25) is 0 Å². The SMILES string of the molecule is [C-]#[N+]c1ccccc1-c1cccc2c3cccc(-c4ccccc4C#N)c3n(-c3cccc4c3C(=O)N(c3c(-c5ccccc5)cc(-c5ccccc5)cc3-c3ccccc3)C4=O)c12. The predicted molar refractivity (Wildman–Crippen MR) is 257 cm³/mol. The van der Waals surface area contributed by atoms with Gasteiger partial charge in [0.1, 0.15) is 0 Å². The zero-order valence-electron chi connectivity index (χ0n) is 34.2. The Morgan fingerprint density at radius 3 is 1.52 bits per heavy atom. The van der Waals surface area contributed by atoms with Crippen LogP contribution in [0.1, 0.15) is 26.3 Å². The lowest BCUT2D eigenvalue weighted by Gasteiger charge is -2.24. The molecule has 0 fully saturated rings. The van der Waals surface area contributed by atoms with E-state index in [4.69, 9.17) is 6.57 Å². The third-order valence-electron chi connectivity index (χ3n) is 12.2. The van der Waals surface area contributed by atoms with E-state index in [1.807, 2.05) is 164 Å². The molecule has 1 aromatic heterocycles. The molecular formula is C58H34N4O2. The molecule has 0 unspecified atom stereocenters. The van der Waals surface area contributed by atoms with Crippen molar-refractivity contribution >= 4 is 45.0 Å². The first-order valence-corrected chi connectivity index (χ1v) is 20.9. The number of rotatable bonds is 7. The summed E-state index contributed by atoms with van der Waals surface area (Å²) in [6, 6.07) is 69.0. The summed E-state index contributed by atoms with van der Waals surface area (Å²) in [4.78, 5) is 36.5. The van der Waals surface area contributed by atoms with Crippen molar-refractivity contribution in [3.05, 3.63) is 234 Å². The number of benzene rings is 9. The standard InChI is InChI=1S/C58H34N4O2/c1-60-51-32-14-13-26-43(51)45-28-16-30-47-46-29-15-27-44(42-25-12-11-24-40(42)36-59)54(46)61(55(45)47)52-33-17-31-48-53(52)58(64)62(57(48)63)56-49(38-20-7-3-8-21-38)34-41(37-18-5-2-6-19-37)35-50(56)39-22-9-4-10-23-39/h2-35H. The maximum absolute atomic E-state index is 15.8. The highest BCUT2D eigenvalue weighted by Crippen LogP contribution is 2.49. The summed E-state index contributed by atoms with van der Waals surface area (Å²) in [5.41, 5.74) is 12.2. The third-order valence-corrected chi connectivity index (χ3v) is 12.2. The van der Waals surface area contributed by atoms with Crippen LogP contribution in [0.15, 0.2) is 206 Å². The van der Waals surface area contributed by atoms with E-state index in [2.05, 4.69) is 39.7 Å². The quantitative estimate of drug-likeness (QED) is 0.119. The van der Waals surface area contributed by atoms with Crippen LogP contribution in [0.25, 0.3) is 88.0 Å². The minimum Gasteiger partial charge on any atom is -0.307 e. The third kappa shape index (κ3) is 5.94. The van der Waals surface area contributed by atoms with Crippen LogP contribution in [0.5, 0.6) is 0 Å². The maximum Gasteiger partial charge on any atom is 0.268 e. The van der Waals surface area contributed by atoms with Gasteiger partial charge in [-0.3, -0.25) is 9.59 Å². The zero-order chi connectivity index (χ0) is 43.3. The van der Waals surface area contributed by atoms with E-state index in [-0.39, 0.29) is 11.1 Å². The second kappa shape index (κ2) is 15.4. The molecule has 0 saturated carbocycles. The average Bonchev–Trinajstić information content (AvgIpc) is 3.84. The number of para-hydroxylation sites is 3. The largest absolute Gasteiger partial charge is 0.307 e. The number of aromatic nitrogens is 1. The van der Waals surface area contributed by atoms with Crippen LogP contribution in [-0.4, -0.2) is 16.4 Å². The van der Waals surface area contributed by atoms with Gasteiger partial charge in [-0.25, -0.2) is 9.74 Å². The first-order valence-electron chi connectivity index (χ1n) is 20.9. The van der Waals surface area contributed by atoms with Crippen LogP contribution in [0.3, 0.4) is 0 Å². The molecule has 2 heterocycles. The lowest BCUT2D eigenvalue weighted by atomic mass is 9.90. The average molecular weight is 819 g/mol. The molecule has 0 N–H and O–H groups in total. The molecule has 0 bridgehead atoms. The van der Waals surface area contributed by atoms with Gasteiger partial charge in [-0.05, 0) is 63.7 Å². The van der Waals surface area contributed by atoms with Crippen molar-refractivity contribution in [2.24, 2.45) is 0 Å². The zero-order valence-corrected chi connectivity index (χ0v) is 34.2. The van der Waals surface area contributed by atoms with Gasteiger partial charge in [0.2, 0.25) is 0 Å². The van der Waals surface area contributed by atoms with Crippen molar-refractivity contribution in [2.45, 2.75) is 0 Å². The Morgan fingerprint density at radius 2 is 0.922 bits per heavy atom. The monoisotopic (exact) mass is 818 g/mol. The fourth-order valence-electron chi connectivity index (χ4n) is 9.41. The van der Waals surface area contributed by atoms with E-state index in [1.165, 1.54) is 4.90 Å². The second-order valence-electron chi connectivity index (χ2n) is 15.7. The van der Waals surface area contributed by atoms with E-state index in [0.29, 0.717) is 22.6 Å². The Hall–Kier alpha value is -9.10. The Bertz CT molecular complexity index is 3440. The number of amides is 2. The predicted octanol–water partition coefficient (Wildman–Crippen LogP) is 14.3. The molecule has 0 aliphatic carbocycles. The van der Waals surface area contributed by atoms with Gasteiger partial charge in [0.15, 0.2) is 5.69 Å². The number of imide groups is 1. The minimum atomic E-state index is -0.457. The molecule has 11 rings (SSSR count). The first kappa shape index (κ1) is 37.9. The number of carbonyl (C=O) groups is 2. The van der Waals surface area contributed by atoms with Crippen molar-refractivity contribution in [3.8, 4) is 67.4 Å². The molecule has 1 aliphatic rings. The molecule has 0 radical (unpaired) electrons. The molecule has 9 aromatic carbocycles. The summed E-state index contributed by atoms with van der Waals surface area (Å²) in [6.07, 6.45) is 0. The van der Waals surface area contributed by atoms with Gasteiger partial charge < -0.3 is 4.57 Å². The van der Waals surface area contributed by atoms with Crippen LogP contribution < -0.4 is 4.90 Å². The highest BCUT2D eigenvalue weighted by atomic mass is 16.2. The molecule has 6 heteroatoms. The Balaban J connectivity index is 1.23. The first-order chi connectivity index (χ1) is 31.6. The van der Waals surface area contributed by atoms with Gasteiger partial charge in [-0.15, -0.1) is 0 Å². The van der Waals surface area contributed by atoms with Gasteiger partial charge in [0, 0.05) is 33.0 Å². The summed E-state index contributed by atoms with van der Waals surface area (Å²) in [6.45, 7) is 8.13. The molecule has 64 heavy (non-hydrogen) atoms. The van der Waals surface area contributed by atoms with Crippen LogP contribution in [0.4, 0.5) is 11.4 Å². The van der Waals surface area contributed by atoms with Crippen molar-refractivity contribution in [1.29, 1.82) is 5.26 Å². The molecule has 0 atom stereocenters. The second-order valence-corrected chi connectivity index (χ2v) is 15.7. The molecule has 0 spiro atoms. The number of fused-ring (bicyclic) bond motifs is 4. The van der Waals surface area contributed by atoms with Gasteiger partial charge in [-0.2, -0.15) is 5.26 Å². The minimum absolute atomic E-state index is 0.257. The van der Waals surface area contributed by atoms with Crippen molar-refractivity contribution in [1.82, 2.24) is 4.57 Å². The summed E-state index contributed by atoms with van der Waals surface area (Å²) in [5.74, 6) is -0.889. The van der Waals surface area contributed by atoms with E-state index >= 15 is 9.59 Å². The molecule has 1 aliphatic heterocycles. The number of carbonyl (C=O) groups excluding carboxylic acids is 2. The van der Waals surface area contributed by atoms with Crippen LogP contribution in [-0.2, 0) is 0 Å². The van der Waals surface area contributed by atoms with Crippen LogP contribution in [0, 0.1) is 17.9 Å². The Morgan fingerprint density at radius 1 is 0.438 bits per heavy atom. The fraction of sp³-hybridized carbons (Fsp3) is 0. The molecule has 10 aromatic rings.